The van der Waals surface area contributed by atoms with Gasteiger partial charge in [0.05, 0.1) is 0 Å². The molecule has 1 atom stereocenters. The number of nitrogen functional groups attached to an aromatic ring is 1. The molecular weight excluding hydrogens is 364 g/mol. The molecular formula is C28H42N2. The molecule has 0 saturated carbocycles. The molecule has 1 unspecified atom stereocenters. The van der Waals surface area contributed by atoms with Crippen molar-refractivity contribution >= 4 is 5.69 Å². The molecule has 0 heterocycles. The number of rotatable bonds is 13. The topological polar surface area (TPSA) is 29.3 Å². The van der Waals surface area contributed by atoms with Crippen LogP contribution in [0.5, 0.6) is 0 Å². The van der Waals surface area contributed by atoms with E-state index in [-0.39, 0.29) is 0 Å². The lowest BCUT2D eigenvalue weighted by Gasteiger charge is -2.35. The van der Waals surface area contributed by atoms with Crippen molar-refractivity contribution in [3.8, 4) is 0 Å². The quantitative estimate of drug-likeness (QED) is 0.292. The summed E-state index contributed by atoms with van der Waals surface area (Å²) >= 11 is 0. The number of hydrogen-bond donors (Lipinski definition) is 1. The third-order valence-electron chi connectivity index (χ3n) is 6.77. The fourth-order valence-corrected chi connectivity index (χ4v) is 5.07. The largest absolute Gasteiger partial charge is 0.398 e. The van der Waals surface area contributed by atoms with Crippen LogP contribution in [0.1, 0.15) is 81.4 Å². The van der Waals surface area contributed by atoms with E-state index in [1.165, 1.54) is 100 Å². The number of fused-ring (bicyclic) bond motifs is 1. The van der Waals surface area contributed by atoms with Gasteiger partial charge in [0.2, 0.25) is 0 Å². The Morgan fingerprint density at radius 2 is 1.57 bits per heavy atom. The minimum Gasteiger partial charge on any atom is -0.398 e. The Morgan fingerprint density at radius 1 is 0.833 bits per heavy atom. The van der Waals surface area contributed by atoms with Crippen molar-refractivity contribution in [2.45, 2.75) is 90.0 Å². The molecule has 2 nitrogen and oxygen atoms in total. The van der Waals surface area contributed by atoms with Crippen molar-refractivity contribution < 1.29 is 0 Å². The summed E-state index contributed by atoms with van der Waals surface area (Å²) in [5, 5.41) is 0. The van der Waals surface area contributed by atoms with E-state index in [0.717, 1.165) is 12.1 Å². The summed E-state index contributed by atoms with van der Waals surface area (Å²) in [6.45, 7) is 4.82. The second-order valence-corrected chi connectivity index (χ2v) is 9.13. The maximum atomic E-state index is 6.19. The average Bonchev–Trinajstić information content (AvgIpc) is 2.78. The maximum Gasteiger partial charge on any atom is 0.0349 e. The van der Waals surface area contributed by atoms with Crippen LogP contribution in [0.3, 0.4) is 0 Å². The maximum absolute atomic E-state index is 6.19. The predicted octanol–water partition coefficient (Wildman–Crippen LogP) is 6.81. The third-order valence-corrected chi connectivity index (χ3v) is 6.77. The summed E-state index contributed by atoms with van der Waals surface area (Å²) in [5.41, 5.74) is 11.6. The van der Waals surface area contributed by atoms with Crippen LogP contribution >= 0.6 is 0 Å². The van der Waals surface area contributed by atoms with Crippen molar-refractivity contribution in [2.24, 2.45) is 0 Å². The summed E-state index contributed by atoms with van der Waals surface area (Å²) in [6, 6.07) is 18.1. The minimum atomic E-state index is 0.706. The number of nitrogens with two attached hydrogens (primary N) is 1. The molecule has 0 fully saturated rings. The molecule has 2 heteroatoms. The highest BCUT2D eigenvalue weighted by Gasteiger charge is 2.24. The fraction of sp³-hybridized carbons (Fsp3) is 0.571. The van der Waals surface area contributed by atoms with E-state index in [1.807, 2.05) is 0 Å². The number of anilines is 1. The zero-order valence-electron chi connectivity index (χ0n) is 19.1. The highest BCUT2D eigenvalue weighted by Crippen LogP contribution is 2.29. The summed E-state index contributed by atoms with van der Waals surface area (Å²) in [6.07, 6.45) is 15.7. The Bertz CT molecular complexity index is 725. The average molecular weight is 407 g/mol. The lowest BCUT2D eigenvalue weighted by molar-refractivity contribution is 0.176. The molecule has 1 aliphatic carbocycles. The molecule has 3 rings (SSSR count). The highest BCUT2D eigenvalue weighted by molar-refractivity contribution is 5.52. The first-order chi connectivity index (χ1) is 14.8. The van der Waals surface area contributed by atoms with Gasteiger partial charge in [0.15, 0.2) is 0 Å². The van der Waals surface area contributed by atoms with Gasteiger partial charge in [0.25, 0.3) is 0 Å². The first-order valence-corrected chi connectivity index (χ1v) is 12.4. The lowest BCUT2D eigenvalue weighted by atomic mass is 9.86. The van der Waals surface area contributed by atoms with Gasteiger partial charge in [0.1, 0.15) is 0 Å². The van der Waals surface area contributed by atoms with Crippen LogP contribution in [0.2, 0.25) is 0 Å². The Balaban J connectivity index is 1.29. The molecule has 2 N–H and O–H groups in total. The Kier molecular flexibility index (Phi) is 9.76. The van der Waals surface area contributed by atoms with Crippen molar-refractivity contribution in [3.63, 3.8) is 0 Å². The van der Waals surface area contributed by atoms with Crippen LogP contribution in [0.15, 0.2) is 48.5 Å². The molecule has 2 aromatic carbocycles. The molecule has 0 radical (unpaired) electrons. The first-order valence-electron chi connectivity index (χ1n) is 12.4. The summed E-state index contributed by atoms with van der Waals surface area (Å²) in [5.74, 6) is 0. The van der Waals surface area contributed by atoms with Gasteiger partial charge in [0, 0.05) is 11.7 Å². The lowest BCUT2D eigenvalue weighted by Crippen LogP contribution is -2.40. The molecule has 30 heavy (non-hydrogen) atoms. The van der Waals surface area contributed by atoms with E-state index >= 15 is 0 Å². The Morgan fingerprint density at radius 3 is 2.33 bits per heavy atom. The SMILES string of the molecule is CCCN(CCCCCCCCCc1ccccc1)C1CCc2c(N)cccc2C1. The van der Waals surface area contributed by atoms with Gasteiger partial charge in [-0.1, -0.05) is 81.5 Å². The van der Waals surface area contributed by atoms with Crippen LogP contribution in [0.4, 0.5) is 5.69 Å². The van der Waals surface area contributed by atoms with Gasteiger partial charge in [-0.25, -0.2) is 0 Å². The number of benzene rings is 2. The molecule has 0 aliphatic heterocycles. The van der Waals surface area contributed by atoms with E-state index < -0.39 is 0 Å². The van der Waals surface area contributed by atoms with Crippen LogP contribution in [-0.4, -0.2) is 24.0 Å². The monoisotopic (exact) mass is 406 g/mol. The first kappa shape index (κ1) is 22.9. The third kappa shape index (κ3) is 7.16. The molecule has 0 amide bonds. The van der Waals surface area contributed by atoms with Crippen molar-refractivity contribution in [1.29, 1.82) is 0 Å². The van der Waals surface area contributed by atoms with Crippen LogP contribution in [-0.2, 0) is 19.3 Å². The van der Waals surface area contributed by atoms with Crippen LogP contribution in [0.25, 0.3) is 0 Å². The second kappa shape index (κ2) is 12.8. The summed E-state index contributed by atoms with van der Waals surface area (Å²) < 4.78 is 0. The van der Waals surface area contributed by atoms with E-state index in [1.54, 1.807) is 0 Å². The summed E-state index contributed by atoms with van der Waals surface area (Å²) in [7, 11) is 0. The van der Waals surface area contributed by atoms with Gasteiger partial charge >= 0.3 is 0 Å². The number of aryl methyl sites for hydroxylation is 1. The zero-order valence-corrected chi connectivity index (χ0v) is 19.1. The van der Waals surface area contributed by atoms with E-state index in [9.17, 15) is 0 Å². The normalized spacial score (nSPS) is 16.0. The standard InChI is InChI=1S/C28H42N2/c1-2-21-30(26-19-20-27-25(23-26)17-13-18-28(27)29)22-12-7-5-3-4-6-9-14-24-15-10-8-11-16-24/h8,10-11,13,15-18,26H,2-7,9,12,14,19-23,29H2,1H3. The molecule has 2 aromatic rings. The summed E-state index contributed by atoms with van der Waals surface area (Å²) in [4.78, 5) is 2.77. The van der Waals surface area contributed by atoms with Gasteiger partial charge in [-0.3, -0.25) is 0 Å². The van der Waals surface area contributed by atoms with Gasteiger partial charge in [-0.2, -0.15) is 0 Å². The smallest absolute Gasteiger partial charge is 0.0349 e. The highest BCUT2D eigenvalue weighted by atomic mass is 15.1. The minimum absolute atomic E-state index is 0.706. The molecule has 1 aliphatic rings. The van der Waals surface area contributed by atoms with Crippen molar-refractivity contribution in [1.82, 2.24) is 4.90 Å². The van der Waals surface area contributed by atoms with Gasteiger partial charge in [-0.05, 0) is 80.8 Å². The van der Waals surface area contributed by atoms with Gasteiger partial charge in [-0.15, -0.1) is 0 Å². The number of unbranched alkanes of at least 4 members (excludes halogenated alkanes) is 6. The Hall–Kier alpha value is -1.80. The van der Waals surface area contributed by atoms with E-state index in [4.69, 9.17) is 5.73 Å². The molecule has 0 saturated heterocycles. The zero-order chi connectivity index (χ0) is 21.0. The molecule has 0 bridgehead atoms. The van der Waals surface area contributed by atoms with Gasteiger partial charge < -0.3 is 10.6 Å². The predicted molar refractivity (Wildman–Crippen MR) is 131 cm³/mol. The van der Waals surface area contributed by atoms with E-state index in [2.05, 4.69) is 60.4 Å². The molecule has 0 aromatic heterocycles. The van der Waals surface area contributed by atoms with Crippen LogP contribution in [0, 0.1) is 0 Å². The number of nitrogens with zero attached hydrogens (tertiary/aromatic N) is 1. The van der Waals surface area contributed by atoms with Crippen LogP contribution < -0.4 is 5.73 Å². The van der Waals surface area contributed by atoms with E-state index in [0.29, 0.717) is 6.04 Å². The van der Waals surface area contributed by atoms with Crippen molar-refractivity contribution in [2.75, 3.05) is 18.8 Å². The number of hydrogen-bond acceptors (Lipinski definition) is 2. The molecule has 164 valence electrons. The Labute approximate surface area is 184 Å². The fourth-order valence-electron chi connectivity index (χ4n) is 5.07. The molecule has 0 spiro atoms. The second-order valence-electron chi connectivity index (χ2n) is 9.13. The van der Waals surface area contributed by atoms with Crippen molar-refractivity contribution in [3.05, 3.63) is 65.2 Å².